The van der Waals surface area contributed by atoms with Crippen molar-refractivity contribution in [2.45, 2.75) is 19.3 Å². The first-order valence-electron chi connectivity index (χ1n) is 5.15. The van der Waals surface area contributed by atoms with E-state index in [2.05, 4.69) is 5.32 Å². The van der Waals surface area contributed by atoms with Crippen LogP contribution in [0.15, 0.2) is 18.2 Å². The third kappa shape index (κ3) is 2.09. The molecule has 4 heteroatoms. The number of hydrogen-bond acceptors (Lipinski definition) is 2. The van der Waals surface area contributed by atoms with Crippen LogP contribution in [0.3, 0.4) is 0 Å². The van der Waals surface area contributed by atoms with Crippen molar-refractivity contribution in [1.29, 1.82) is 0 Å². The zero-order valence-corrected chi connectivity index (χ0v) is 9.67. The molecule has 1 aromatic carbocycles. The molecule has 2 rings (SSSR count). The van der Waals surface area contributed by atoms with Crippen LogP contribution in [0.1, 0.15) is 35.2 Å². The van der Waals surface area contributed by atoms with E-state index in [0.29, 0.717) is 23.6 Å². The van der Waals surface area contributed by atoms with E-state index in [0.717, 1.165) is 5.56 Å². The Kier molecular flexibility index (Phi) is 2.97. The number of benzene rings is 1. The van der Waals surface area contributed by atoms with Gasteiger partial charge in [0.05, 0.1) is 5.02 Å². The molecule has 3 nitrogen and oxygen atoms in total. The van der Waals surface area contributed by atoms with Crippen molar-refractivity contribution < 1.29 is 9.59 Å². The molecule has 1 amide bonds. The van der Waals surface area contributed by atoms with E-state index in [4.69, 9.17) is 11.6 Å². The van der Waals surface area contributed by atoms with Crippen LogP contribution in [0, 0.1) is 0 Å². The zero-order chi connectivity index (χ0) is 11.7. The van der Waals surface area contributed by atoms with Gasteiger partial charge in [0.2, 0.25) is 5.91 Å². The average Bonchev–Trinajstić information content (AvgIpc) is 2.64. The van der Waals surface area contributed by atoms with Gasteiger partial charge in [-0.2, -0.15) is 0 Å². The second-order valence-electron chi connectivity index (χ2n) is 4.00. The molecule has 0 saturated carbocycles. The molecule has 84 valence electrons. The summed E-state index contributed by atoms with van der Waals surface area (Å²) in [4.78, 5) is 22.3. The Balaban J connectivity index is 2.27. The number of nitrogens with one attached hydrogen (secondary N) is 1. The molecule has 1 aliphatic rings. The predicted molar refractivity (Wildman–Crippen MR) is 61.8 cm³/mol. The van der Waals surface area contributed by atoms with E-state index in [9.17, 15) is 9.59 Å². The molecule has 1 saturated heterocycles. The van der Waals surface area contributed by atoms with Crippen LogP contribution >= 0.6 is 11.6 Å². The van der Waals surface area contributed by atoms with E-state index >= 15 is 0 Å². The van der Waals surface area contributed by atoms with E-state index in [1.165, 1.54) is 6.92 Å². The molecule has 0 aromatic heterocycles. The fraction of sp³-hybridized carbons (Fsp3) is 0.333. The largest absolute Gasteiger partial charge is 0.355 e. The molecule has 0 unspecified atom stereocenters. The molecule has 1 atom stereocenters. The van der Waals surface area contributed by atoms with Crippen LogP contribution in [0.5, 0.6) is 0 Å². The molecule has 0 radical (unpaired) electrons. The summed E-state index contributed by atoms with van der Waals surface area (Å²) in [6.07, 6.45) is 0.496. The number of Topliss-reactive ketones (excluding diaryl/α,β-unsaturated/α-hetero) is 1. The zero-order valence-electron chi connectivity index (χ0n) is 8.92. The number of ketones is 1. The van der Waals surface area contributed by atoms with E-state index in [1.807, 2.05) is 6.07 Å². The van der Waals surface area contributed by atoms with Gasteiger partial charge < -0.3 is 5.32 Å². The van der Waals surface area contributed by atoms with E-state index in [1.54, 1.807) is 12.1 Å². The van der Waals surface area contributed by atoms with Crippen LogP contribution in [0.4, 0.5) is 0 Å². The van der Waals surface area contributed by atoms with Gasteiger partial charge in [-0.25, -0.2) is 0 Å². The highest BCUT2D eigenvalue weighted by molar-refractivity contribution is 6.33. The standard InChI is InChI=1S/C12H12ClNO2/c1-7(15)10-3-2-8(4-11(10)13)9-5-12(16)14-6-9/h2-4,9H,5-6H2,1H3,(H,14,16)/t9-/m1/s1. The summed E-state index contributed by atoms with van der Waals surface area (Å²) in [6.45, 7) is 2.14. The lowest BCUT2D eigenvalue weighted by atomic mass is 9.96. The SMILES string of the molecule is CC(=O)c1ccc([C@H]2CNC(=O)C2)cc1Cl. The maximum atomic E-state index is 11.2. The topological polar surface area (TPSA) is 46.2 Å². The van der Waals surface area contributed by atoms with Crippen molar-refractivity contribution in [3.05, 3.63) is 34.3 Å². The normalized spacial score (nSPS) is 19.6. The maximum Gasteiger partial charge on any atom is 0.220 e. The van der Waals surface area contributed by atoms with Gasteiger partial charge in [-0.15, -0.1) is 0 Å². The second kappa shape index (κ2) is 4.26. The first kappa shape index (κ1) is 11.1. The van der Waals surface area contributed by atoms with Crippen molar-refractivity contribution in [3.63, 3.8) is 0 Å². The lowest BCUT2D eigenvalue weighted by Gasteiger charge is -2.09. The highest BCUT2D eigenvalue weighted by Gasteiger charge is 2.23. The summed E-state index contributed by atoms with van der Waals surface area (Å²) in [5.74, 6) is 0.194. The summed E-state index contributed by atoms with van der Waals surface area (Å²) >= 11 is 6.01. The van der Waals surface area contributed by atoms with E-state index in [-0.39, 0.29) is 17.6 Å². The maximum absolute atomic E-state index is 11.2. The van der Waals surface area contributed by atoms with Crippen molar-refractivity contribution >= 4 is 23.3 Å². The fourth-order valence-electron chi connectivity index (χ4n) is 1.91. The molecule has 1 aromatic rings. The summed E-state index contributed by atoms with van der Waals surface area (Å²) in [5.41, 5.74) is 1.54. The number of halogens is 1. The Bertz CT molecular complexity index is 456. The van der Waals surface area contributed by atoms with Gasteiger partial charge in [0, 0.05) is 24.4 Å². The molecule has 0 aliphatic carbocycles. The number of hydrogen-bond donors (Lipinski definition) is 1. The number of amides is 1. The average molecular weight is 238 g/mol. The van der Waals surface area contributed by atoms with Crippen LogP contribution in [0.25, 0.3) is 0 Å². The monoisotopic (exact) mass is 237 g/mol. The Morgan fingerprint density at radius 2 is 2.25 bits per heavy atom. The fourth-order valence-corrected chi connectivity index (χ4v) is 2.23. The first-order valence-corrected chi connectivity index (χ1v) is 5.53. The molecule has 16 heavy (non-hydrogen) atoms. The Hall–Kier alpha value is -1.35. The van der Waals surface area contributed by atoms with Gasteiger partial charge in [-0.05, 0) is 24.6 Å². The highest BCUT2D eigenvalue weighted by Crippen LogP contribution is 2.27. The minimum absolute atomic E-state index is 0.0443. The van der Waals surface area contributed by atoms with Gasteiger partial charge in [0.1, 0.15) is 0 Å². The van der Waals surface area contributed by atoms with Crippen LogP contribution < -0.4 is 5.32 Å². The molecule has 1 heterocycles. The van der Waals surface area contributed by atoms with Gasteiger partial charge in [-0.1, -0.05) is 17.7 Å². The molecular formula is C12H12ClNO2. The molecule has 1 N–H and O–H groups in total. The summed E-state index contributed by atoms with van der Waals surface area (Å²) in [6, 6.07) is 5.37. The Morgan fingerprint density at radius 1 is 1.50 bits per heavy atom. The smallest absolute Gasteiger partial charge is 0.220 e. The Morgan fingerprint density at radius 3 is 2.75 bits per heavy atom. The van der Waals surface area contributed by atoms with E-state index < -0.39 is 0 Å². The minimum atomic E-state index is -0.0443. The number of rotatable bonds is 2. The van der Waals surface area contributed by atoms with Crippen molar-refractivity contribution in [2.24, 2.45) is 0 Å². The third-order valence-corrected chi connectivity index (χ3v) is 3.13. The number of carbonyl (C=O) groups excluding carboxylic acids is 2. The summed E-state index contributed by atoms with van der Waals surface area (Å²) in [5, 5.41) is 3.24. The van der Waals surface area contributed by atoms with Crippen LogP contribution in [-0.4, -0.2) is 18.2 Å². The van der Waals surface area contributed by atoms with Gasteiger partial charge in [-0.3, -0.25) is 9.59 Å². The lowest BCUT2D eigenvalue weighted by molar-refractivity contribution is -0.119. The Labute approximate surface area is 98.8 Å². The molecular weight excluding hydrogens is 226 g/mol. The van der Waals surface area contributed by atoms with Gasteiger partial charge >= 0.3 is 0 Å². The molecule has 0 spiro atoms. The van der Waals surface area contributed by atoms with Crippen molar-refractivity contribution in [3.8, 4) is 0 Å². The third-order valence-electron chi connectivity index (χ3n) is 2.82. The summed E-state index contributed by atoms with van der Waals surface area (Å²) in [7, 11) is 0. The van der Waals surface area contributed by atoms with Crippen LogP contribution in [0.2, 0.25) is 5.02 Å². The van der Waals surface area contributed by atoms with Gasteiger partial charge in [0.25, 0.3) is 0 Å². The first-order chi connectivity index (χ1) is 7.58. The lowest BCUT2D eigenvalue weighted by Crippen LogP contribution is -2.13. The summed E-state index contributed by atoms with van der Waals surface area (Å²) < 4.78 is 0. The van der Waals surface area contributed by atoms with Crippen LogP contribution in [-0.2, 0) is 4.79 Å². The quantitative estimate of drug-likeness (QED) is 0.802. The minimum Gasteiger partial charge on any atom is -0.355 e. The van der Waals surface area contributed by atoms with Crippen molar-refractivity contribution in [1.82, 2.24) is 5.32 Å². The molecule has 1 aliphatic heterocycles. The number of carbonyl (C=O) groups is 2. The van der Waals surface area contributed by atoms with Crippen molar-refractivity contribution in [2.75, 3.05) is 6.54 Å². The molecule has 0 bridgehead atoms. The second-order valence-corrected chi connectivity index (χ2v) is 4.41. The predicted octanol–water partition coefficient (Wildman–Crippen LogP) is 2.15. The highest BCUT2D eigenvalue weighted by atomic mass is 35.5. The van der Waals surface area contributed by atoms with Gasteiger partial charge in [0.15, 0.2) is 5.78 Å². The molecule has 1 fully saturated rings.